The number of nitrogens with two attached hydrogens (primary N) is 1. The highest BCUT2D eigenvalue weighted by atomic mass is 19.1. The molecule has 3 rings (SSSR count). The fourth-order valence-electron chi connectivity index (χ4n) is 2.54. The quantitative estimate of drug-likeness (QED) is 0.753. The van der Waals surface area contributed by atoms with Gasteiger partial charge in [-0.05, 0) is 37.6 Å². The van der Waals surface area contributed by atoms with Crippen LogP contribution in [0.4, 0.5) is 4.39 Å². The minimum atomic E-state index is -0.550. The van der Waals surface area contributed by atoms with Crippen LogP contribution in [0, 0.1) is 19.7 Å². The zero-order valence-electron chi connectivity index (χ0n) is 14.3. The van der Waals surface area contributed by atoms with Crippen molar-refractivity contribution in [1.29, 1.82) is 0 Å². The number of benzene rings is 2. The van der Waals surface area contributed by atoms with E-state index in [1.807, 2.05) is 0 Å². The standard InChI is InChI=1S/C19H17FN4O2/c1-10-11(2)24-17-15(7-14(20)8-16(17)23-10)19(26)22-9-12-3-5-13(6-4-12)18(21)25/h3-8H,9H2,1-2H3,(H2,21,25)(H,22,26). The van der Waals surface area contributed by atoms with Gasteiger partial charge >= 0.3 is 0 Å². The van der Waals surface area contributed by atoms with Crippen molar-refractivity contribution in [1.82, 2.24) is 15.3 Å². The molecule has 0 aliphatic carbocycles. The summed E-state index contributed by atoms with van der Waals surface area (Å²) in [5.41, 5.74) is 8.55. The molecule has 7 heteroatoms. The molecule has 0 radical (unpaired) electrons. The van der Waals surface area contributed by atoms with E-state index in [1.165, 1.54) is 6.07 Å². The number of aromatic nitrogens is 2. The first-order chi connectivity index (χ1) is 12.3. The second-order valence-corrected chi connectivity index (χ2v) is 5.96. The van der Waals surface area contributed by atoms with Gasteiger partial charge in [-0.15, -0.1) is 0 Å². The first kappa shape index (κ1) is 17.5. The molecule has 0 aliphatic rings. The lowest BCUT2D eigenvalue weighted by atomic mass is 10.1. The van der Waals surface area contributed by atoms with Gasteiger partial charge < -0.3 is 11.1 Å². The topological polar surface area (TPSA) is 98.0 Å². The van der Waals surface area contributed by atoms with Crippen LogP contribution in [-0.2, 0) is 6.54 Å². The minimum Gasteiger partial charge on any atom is -0.366 e. The maximum atomic E-state index is 13.9. The molecule has 1 aromatic heterocycles. The van der Waals surface area contributed by atoms with Crippen LogP contribution in [0.25, 0.3) is 11.0 Å². The van der Waals surface area contributed by atoms with E-state index < -0.39 is 17.6 Å². The maximum Gasteiger partial charge on any atom is 0.253 e. The summed E-state index contributed by atoms with van der Waals surface area (Å²) in [4.78, 5) is 32.3. The average molecular weight is 352 g/mol. The second-order valence-electron chi connectivity index (χ2n) is 5.96. The molecule has 0 bridgehead atoms. The Balaban J connectivity index is 1.85. The molecule has 6 nitrogen and oxygen atoms in total. The molecule has 2 amide bonds. The third kappa shape index (κ3) is 3.51. The lowest BCUT2D eigenvalue weighted by Crippen LogP contribution is -2.23. The number of amides is 2. The fourth-order valence-corrected chi connectivity index (χ4v) is 2.54. The zero-order valence-corrected chi connectivity index (χ0v) is 14.3. The van der Waals surface area contributed by atoms with E-state index in [4.69, 9.17) is 5.73 Å². The van der Waals surface area contributed by atoms with Gasteiger partial charge in [0.05, 0.1) is 22.5 Å². The average Bonchev–Trinajstić information content (AvgIpc) is 2.60. The summed E-state index contributed by atoms with van der Waals surface area (Å²) in [6.45, 7) is 3.78. The monoisotopic (exact) mass is 352 g/mol. The Morgan fingerprint density at radius 3 is 2.38 bits per heavy atom. The van der Waals surface area contributed by atoms with E-state index in [0.717, 1.165) is 11.6 Å². The summed E-state index contributed by atoms with van der Waals surface area (Å²) in [6, 6.07) is 8.96. The number of nitrogens with zero attached hydrogens (tertiary/aromatic N) is 2. The molecular weight excluding hydrogens is 335 g/mol. The minimum absolute atomic E-state index is 0.129. The van der Waals surface area contributed by atoms with E-state index in [9.17, 15) is 14.0 Å². The SMILES string of the molecule is Cc1nc2cc(F)cc(C(=O)NCc3ccc(C(N)=O)cc3)c2nc1C. The fraction of sp³-hybridized carbons (Fsp3) is 0.158. The van der Waals surface area contributed by atoms with Crippen molar-refractivity contribution in [2.75, 3.05) is 0 Å². The highest BCUT2D eigenvalue weighted by molar-refractivity contribution is 6.04. The van der Waals surface area contributed by atoms with Crippen LogP contribution >= 0.6 is 0 Å². The molecule has 0 saturated heterocycles. The number of carbonyl (C=O) groups excluding carboxylic acids is 2. The Hall–Kier alpha value is -3.35. The van der Waals surface area contributed by atoms with Gasteiger partial charge in [0.25, 0.3) is 5.91 Å². The number of carbonyl (C=O) groups is 2. The Morgan fingerprint density at radius 2 is 1.73 bits per heavy atom. The van der Waals surface area contributed by atoms with E-state index in [0.29, 0.717) is 28.0 Å². The van der Waals surface area contributed by atoms with Crippen LogP contribution in [-0.4, -0.2) is 21.8 Å². The molecule has 3 N–H and O–H groups in total. The Kier molecular flexibility index (Phi) is 4.62. The second kappa shape index (κ2) is 6.87. The summed E-state index contributed by atoms with van der Waals surface area (Å²) in [5, 5.41) is 2.73. The molecule has 0 aliphatic heterocycles. The summed E-state index contributed by atoms with van der Waals surface area (Å²) in [6.07, 6.45) is 0. The highest BCUT2D eigenvalue weighted by Gasteiger charge is 2.15. The molecule has 3 aromatic rings. The first-order valence-corrected chi connectivity index (χ1v) is 7.96. The summed E-state index contributed by atoms with van der Waals surface area (Å²) in [5.74, 6) is -1.52. The van der Waals surface area contributed by atoms with Crippen LogP contribution in [0.3, 0.4) is 0 Å². The van der Waals surface area contributed by atoms with Gasteiger partial charge in [-0.3, -0.25) is 9.59 Å². The molecule has 0 spiro atoms. The lowest BCUT2D eigenvalue weighted by molar-refractivity contribution is 0.0950. The summed E-state index contributed by atoms with van der Waals surface area (Å²) < 4.78 is 13.9. The highest BCUT2D eigenvalue weighted by Crippen LogP contribution is 2.19. The number of fused-ring (bicyclic) bond motifs is 1. The molecular formula is C19H17FN4O2. The number of aryl methyl sites for hydroxylation is 2. The Morgan fingerprint density at radius 1 is 1.08 bits per heavy atom. The van der Waals surface area contributed by atoms with Gasteiger partial charge in [-0.25, -0.2) is 14.4 Å². The third-order valence-electron chi connectivity index (χ3n) is 4.08. The molecule has 2 aromatic carbocycles. The van der Waals surface area contributed by atoms with Crippen LogP contribution in [0.1, 0.15) is 37.7 Å². The lowest BCUT2D eigenvalue weighted by Gasteiger charge is -2.10. The van der Waals surface area contributed by atoms with Crippen molar-refractivity contribution in [2.45, 2.75) is 20.4 Å². The van der Waals surface area contributed by atoms with Crippen LogP contribution in [0.15, 0.2) is 36.4 Å². The number of primary amides is 1. The largest absolute Gasteiger partial charge is 0.366 e. The molecule has 132 valence electrons. The van der Waals surface area contributed by atoms with Gasteiger partial charge in [0.15, 0.2) is 0 Å². The van der Waals surface area contributed by atoms with Gasteiger partial charge in [0, 0.05) is 18.2 Å². The van der Waals surface area contributed by atoms with Crippen molar-refractivity contribution in [2.24, 2.45) is 5.73 Å². The van der Waals surface area contributed by atoms with Crippen LogP contribution in [0.2, 0.25) is 0 Å². The Bertz CT molecular complexity index is 1020. The number of nitrogens with one attached hydrogen (secondary N) is 1. The molecule has 1 heterocycles. The van der Waals surface area contributed by atoms with Crippen LogP contribution < -0.4 is 11.1 Å². The van der Waals surface area contributed by atoms with Crippen molar-refractivity contribution in [3.8, 4) is 0 Å². The third-order valence-corrected chi connectivity index (χ3v) is 4.08. The number of rotatable bonds is 4. The van der Waals surface area contributed by atoms with Crippen molar-refractivity contribution >= 4 is 22.8 Å². The maximum absolute atomic E-state index is 13.9. The normalized spacial score (nSPS) is 10.7. The number of hydrogen-bond donors (Lipinski definition) is 2. The van der Waals surface area contributed by atoms with Gasteiger partial charge in [0.1, 0.15) is 11.3 Å². The predicted molar refractivity (Wildman–Crippen MR) is 95.1 cm³/mol. The van der Waals surface area contributed by atoms with Crippen LogP contribution in [0.5, 0.6) is 0 Å². The molecule has 0 fully saturated rings. The molecule has 0 atom stereocenters. The van der Waals surface area contributed by atoms with Crippen molar-refractivity contribution in [3.63, 3.8) is 0 Å². The van der Waals surface area contributed by atoms with E-state index in [-0.39, 0.29) is 12.1 Å². The summed E-state index contributed by atoms with van der Waals surface area (Å²) in [7, 11) is 0. The molecule has 0 saturated carbocycles. The molecule has 26 heavy (non-hydrogen) atoms. The first-order valence-electron chi connectivity index (χ1n) is 7.96. The van der Waals surface area contributed by atoms with Crippen molar-refractivity contribution < 1.29 is 14.0 Å². The van der Waals surface area contributed by atoms with E-state index >= 15 is 0 Å². The number of hydrogen-bond acceptors (Lipinski definition) is 4. The zero-order chi connectivity index (χ0) is 18.8. The van der Waals surface area contributed by atoms with E-state index in [1.54, 1.807) is 38.1 Å². The van der Waals surface area contributed by atoms with E-state index in [2.05, 4.69) is 15.3 Å². The smallest absolute Gasteiger partial charge is 0.253 e. The van der Waals surface area contributed by atoms with Gasteiger partial charge in [-0.1, -0.05) is 12.1 Å². The van der Waals surface area contributed by atoms with Crippen molar-refractivity contribution in [3.05, 3.63) is 70.3 Å². The number of halogens is 1. The summed E-state index contributed by atoms with van der Waals surface area (Å²) >= 11 is 0. The Labute approximate surface area is 149 Å². The molecule has 0 unspecified atom stereocenters. The van der Waals surface area contributed by atoms with Gasteiger partial charge in [-0.2, -0.15) is 0 Å². The predicted octanol–water partition coefficient (Wildman–Crippen LogP) is 2.41. The van der Waals surface area contributed by atoms with Gasteiger partial charge in [0.2, 0.25) is 5.91 Å².